The van der Waals surface area contributed by atoms with Crippen molar-refractivity contribution in [2.24, 2.45) is 0 Å². The Labute approximate surface area is 247 Å². The third-order valence-corrected chi connectivity index (χ3v) is 8.63. The molecule has 0 unspecified atom stereocenters. The molecule has 1 N–H and O–H groups in total. The first-order valence-electron chi connectivity index (χ1n) is 13.0. The number of nitrogens with zero attached hydrogens (tertiary/aromatic N) is 2. The molecule has 0 saturated carbocycles. The van der Waals surface area contributed by atoms with Gasteiger partial charge in [0.25, 0.3) is 10.0 Å². The van der Waals surface area contributed by atoms with E-state index in [1.165, 1.54) is 17.0 Å². The van der Waals surface area contributed by atoms with E-state index in [1.54, 1.807) is 55.5 Å². The molecule has 3 aromatic rings. The van der Waals surface area contributed by atoms with Gasteiger partial charge in [-0.25, -0.2) is 8.42 Å². The van der Waals surface area contributed by atoms with Crippen molar-refractivity contribution in [3.05, 3.63) is 94.0 Å². The Morgan fingerprint density at radius 1 is 0.925 bits per heavy atom. The van der Waals surface area contributed by atoms with Crippen LogP contribution in [0.5, 0.6) is 0 Å². The molecular weight excluding hydrogens is 569 g/mol. The second-order valence-corrected chi connectivity index (χ2v) is 13.2. The highest BCUT2D eigenvalue weighted by Gasteiger charge is 2.34. The number of carbonyl (C=O) groups excluding carboxylic acids is 2. The van der Waals surface area contributed by atoms with Crippen LogP contribution in [0.3, 0.4) is 0 Å². The van der Waals surface area contributed by atoms with Crippen molar-refractivity contribution in [3.8, 4) is 0 Å². The van der Waals surface area contributed by atoms with Crippen LogP contribution in [-0.2, 0) is 32.6 Å². The number of sulfonamides is 1. The van der Waals surface area contributed by atoms with Gasteiger partial charge in [-0.2, -0.15) is 0 Å². The molecule has 40 heavy (non-hydrogen) atoms. The Balaban J connectivity index is 2.09. The minimum absolute atomic E-state index is 0.0256. The predicted octanol–water partition coefficient (Wildman–Crippen LogP) is 6.08. The van der Waals surface area contributed by atoms with Crippen LogP contribution < -0.4 is 9.62 Å². The number of hydrogen-bond donors (Lipinski definition) is 1. The van der Waals surface area contributed by atoms with Gasteiger partial charge in [0.15, 0.2) is 0 Å². The van der Waals surface area contributed by atoms with E-state index in [4.69, 9.17) is 23.2 Å². The number of aryl methyl sites for hydroxylation is 1. The first kappa shape index (κ1) is 31.5. The highest BCUT2D eigenvalue weighted by atomic mass is 35.5. The van der Waals surface area contributed by atoms with Gasteiger partial charge in [-0.1, -0.05) is 72.6 Å². The summed E-state index contributed by atoms with van der Waals surface area (Å²) in [5.41, 5.74) is 1.20. The Hall–Kier alpha value is -3.07. The summed E-state index contributed by atoms with van der Waals surface area (Å²) >= 11 is 12.5. The van der Waals surface area contributed by atoms with Gasteiger partial charge in [0, 0.05) is 22.1 Å². The molecule has 0 aliphatic rings. The summed E-state index contributed by atoms with van der Waals surface area (Å²) in [7, 11) is -4.13. The standard InChI is InChI=1S/C30H35Cl2N3O4S/c1-6-22-12-10-11-15-27(22)35(40(38,39)25-13-8-7-9-14-25)20-28(36)34(21(2)29(37)33-30(3,4)5)19-23-16-17-24(31)18-26(23)32/h7-18,21H,6,19-20H2,1-5H3,(H,33,37)/t21-/m0/s1. The molecule has 0 aromatic heterocycles. The Kier molecular flexibility index (Phi) is 10.3. The van der Waals surface area contributed by atoms with Crippen molar-refractivity contribution in [2.75, 3.05) is 10.8 Å². The molecule has 0 aliphatic heterocycles. The lowest BCUT2D eigenvalue weighted by Crippen LogP contribution is -2.54. The maximum atomic E-state index is 14.1. The van der Waals surface area contributed by atoms with Crippen LogP contribution in [0.4, 0.5) is 5.69 Å². The van der Waals surface area contributed by atoms with Gasteiger partial charge in [-0.15, -0.1) is 0 Å². The topological polar surface area (TPSA) is 86.8 Å². The summed E-state index contributed by atoms with van der Waals surface area (Å²) in [6.07, 6.45) is 0.555. The zero-order chi connectivity index (χ0) is 29.7. The number of para-hydroxylation sites is 1. The van der Waals surface area contributed by atoms with E-state index < -0.39 is 34.1 Å². The third kappa shape index (κ3) is 7.77. The zero-order valence-electron chi connectivity index (χ0n) is 23.3. The number of carbonyl (C=O) groups is 2. The second-order valence-electron chi connectivity index (χ2n) is 10.5. The molecule has 3 aromatic carbocycles. The zero-order valence-corrected chi connectivity index (χ0v) is 25.6. The highest BCUT2D eigenvalue weighted by Crippen LogP contribution is 2.29. The van der Waals surface area contributed by atoms with Gasteiger partial charge in [-0.05, 0) is 75.6 Å². The van der Waals surface area contributed by atoms with Crippen molar-refractivity contribution in [1.82, 2.24) is 10.2 Å². The molecule has 10 heteroatoms. The molecular formula is C30H35Cl2N3O4S. The van der Waals surface area contributed by atoms with E-state index in [0.717, 1.165) is 9.87 Å². The Morgan fingerprint density at radius 3 is 2.15 bits per heavy atom. The fourth-order valence-corrected chi connectivity index (χ4v) is 6.12. The second kappa shape index (κ2) is 13.1. The van der Waals surface area contributed by atoms with Gasteiger partial charge >= 0.3 is 0 Å². The van der Waals surface area contributed by atoms with Crippen molar-refractivity contribution in [3.63, 3.8) is 0 Å². The number of benzene rings is 3. The maximum Gasteiger partial charge on any atom is 0.264 e. The molecule has 3 rings (SSSR count). The third-order valence-electron chi connectivity index (χ3n) is 6.27. The smallest absolute Gasteiger partial charge is 0.264 e. The highest BCUT2D eigenvalue weighted by molar-refractivity contribution is 7.92. The Bertz CT molecular complexity index is 1460. The number of hydrogen-bond acceptors (Lipinski definition) is 4. The first-order chi connectivity index (χ1) is 18.7. The van der Waals surface area contributed by atoms with E-state index in [-0.39, 0.29) is 17.3 Å². The number of nitrogens with one attached hydrogen (secondary N) is 1. The van der Waals surface area contributed by atoms with Crippen molar-refractivity contribution < 1.29 is 18.0 Å². The fraction of sp³-hybridized carbons (Fsp3) is 0.333. The molecule has 0 bridgehead atoms. The van der Waals surface area contributed by atoms with E-state index in [0.29, 0.717) is 27.7 Å². The van der Waals surface area contributed by atoms with Crippen LogP contribution in [-0.4, -0.2) is 43.3 Å². The molecule has 0 spiro atoms. The number of halogens is 2. The largest absolute Gasteiger partial charge is 0.350 e. The van der Waals surface area contributed by atoms with Crippen LogP contribution >= 0.6 is 23.2 Å². The van der Waals surface area contributed by atoms with Gasteiger partial charge in [-0.3, -0.25) is 13.9 Å². The van der Waals surface area contributed by atoms with Crippen LogP contribution in [0.15, 0.2) is 77.7 Å². The van der Waals surface area contributed by atoms with Crippen molar-refractivity contribution in [1.29, 1.82) is 0 Å². The average molecular weight is 605 g/mol. The molecule has 2 amide bonds. The predicted molar refractivity (Wildman–Crippen MR) is 161 cm³/mol. The van der Waals surface area contributed by atoms with Gasteiger partial charge < -0.3 is 10.2 Å². The van der Waals surface area contributed by atoms with Crippen LogP contribution in [0.25, 0.3) is 0 Å². The van der Waals surface area contributed by atoms with Crippen molar-refractivity contribution in [2.45, 2.75) is 64.1 Å². The Morgan fingerprint density at radius 2 is 1.55 bits per heavy atom. The number of rotatable bonds is 10. The van der Waals surface area contributed by atoms with Gasteiger partial charge in [0.05, 0.1) is 10.6 Å². The summed E-state index contributed by atoms with van der Waals surface area (Å²) < 4.78 is 29.0. The van der Waals surface area contributed by atoms with Crippen LogP contribution in [0.1, 0.15) is 45.7 Å². The van der Waals surface area contributed by atoms with E-state index in [1.807, 2.05) is 39.8 Å². The summed E-state index contributed by atoms with van der Waals surface area (Å²) in [6.45, 7) is 8.51. The molecule has 214 valence electrons. The van der Waals surface area contributed by atoms with Crippen LogP contribution in [0, 0.1) is 0 Å². The average Bonchev–Trinajstić information content (AvgIpc) is 2.90. The summed E-state index contributed by atoms with van der Waals surface area (Å²) in [5.74, 6) is -0.939. The van der Waals surface area contributed by atoms with E-state index >= 15 is 0 Å². The SMILES string of the molecule is CCc1ccccc1N(CC(=O)N(Cc1ccc(Cl)cc1Cl)[C@@H](C)C(=O)NC(C)(C)C)S(=O)(=O)c1ccccc1. The molecule has 1 atom stereocenters. The van der Waals surface area contributed by atoms with E-state index in [9.17, 15) is 18.0 Å². The maximum absolute atomic E-state index is 14.1. The molecule has 0 saturated heterocycles. The fourth-order valence-electron chi connectivity index (χ4n) is 4.18. The number of amides is 2. The molecule has 0 radical (unpaired) electrons. The molecule has 0 aliphatic carbocycles. The minimum Gasteiger partial charge on any atom is -0.350 e. The van der Waals surface area contributed by atoms with Crippen molar-refractivity contribution >= 4 is 50.7 Å². The lowest BCUT2D eigenvalue weighted by Gasteiger charge is -2.34. The van der Waals surface area contributed by atoms with E-state index in [2.05, 4.69) is 5.32 Å². The normalized spacial score (nSPS) is 12.5. The summed E-state index contributed by atoms with van der Waals surface area (Å²) in [4.78, 5) is 28.7. The van der Waals surface area contributed by atoms with Crippen LogP contribution in [0.2, 0.25) is 10.0 Å². The molecule has 7 nitrogen and oxygen atoms in total. The number of anilines is 1. The molecule has 0 heterocycles. The monoisotopic (exact) mass is 603 g/mol. The molecule has 0 fully saturated rings. The lowest BCUT2D eigenvalue weighted by molar-refractivity contribution is -0.140. The van der Waals surface area contributed by atoms with Gasteiger partial charge in [0.1, 0.15) is 12.6 Å². The summed E-state index contributed by atoms with van der Waals surface area (Å²) in [5, 5.41) is 3.67. The summed E-state index contributed by atoms with van der Waals surface area (Å²) in [6, 6.07) is 19.0. The first-order valence-corrected chi connectivity index (χ1v) is 15.1. The lowest BCUT2D eigenvalue weighted by atomic mass is 10.1. The minimum atomic E-state index is -4.13. The van der Waals surface area contributed by atoms with Gasteiger partial charge in [0.2, 0.25) is 11.8 Å². The quantitative estimate of drug-likeness (QED) is 0.304.